The van der Waals surface area contributed by atoms with Gasteiger partial charge in [0.25, 0.3) is 5.56 Å². The van der Waals surface area contributed by atoms with Crippen LogP contribution < -0.4 is 10.9 Å². The van der Waals surface area contributed by atoms with Gasteiger partial charge in [-0.1, -0.05) is 19.8 Å². The highest BCUT2D eigenvalue weighted by Crippen LogP contribution is 2.33. The molecule has 1 aromatic rings. The van der Waals surface area contributed by atoms with Gasteiger partial charge >= 0.3 is 0 Å². The van der Waals surface area contributed by atoms with Gasteiger partial charge in [0.05, 0.1) is 0 Å². The van der Waals surface area contributed by atoms with Gasteiger partial charge in [0.1, 0.15) is 11.6 Å². The lowest BCUT2D eigenvalue weighted by Crippen LogP contribution is -2.47. The standard InChI is InChI=1S/C14H24N4O/c1-4-11-16-12(9-13(19)17-11)15-10-14(18(2)3)7-5-6-8-14/h9H,4-8,10H2,1-3H3,(H2,15,16,17,19). The van der Waals surface area contributed by atoms with Crippen LogP contribution in [0.5, 0.6) is 0 Å². The molecule has 0 amide bonds. The highest BCUT2D eigenvalue weighted by Gasteiger charge is 2.35. The molecule has 0 bridgehead atoms. The third-order valence-electron chi connectivity index (χ3n) is 4.21. The molecule has 106 valence electrons. The molecule has 1 fully saturated rings. The van der Waals surface area contributed by atoms with Crippen molar-refractivity contribution in [1.82, 2.24) is 14.9 Å². The summed E-state index contributed by atoms with van der Waals surface area (Å²) in [4.78, 5) is 21.0. The highest BCUT2D eigenvalue weighted by molar-refractivity contribution is 5.34. The van der Waals surface area contributed by atoms with E-state index in [0.717, 1.165) is 18.8 Å². The minimum Gasteiger partial charge on any atom is -0.368 e. The number of aryl methyl sites for hydroxylation is 1. The first-order valence-corrected chi connectivity index (χ1v) is 7.07. The summed E-state index contributed by atoms with van der Waals surface area (Å²) in [5, 5.41) is 3.35. The van der Waals surface area contributed by atoms with Gasteiger partial charge in [0, 0.05) is 24.6 Å². The molecule has 0 aliphatic heterocycles. The van der Waals surface area contributed by atoms with Crippen LogP contribution >= 0.6 is 0 Å². The van der Waals surface area contributed by atoms with Gasteiger partial charge in [0.2, 0.25) is 0 Å². The van der Waals surface area contributed by atoms with E-state index in [-0.39, 0.29) is 11.1 Å². The predicted octanol–water partition coefficient (Wildman–Crippen LogP) is 1.62. The van der Waals surface area contributed by atoms with Gasteiger partial charge in [-0.2, -0.15) is 0 Å². The predicted molar refractivity (Wildman–Crippen MR) is 77.6 cm³/mol. The van der Waals surface area contributed by atoms with Crippen molar-refractivity contribution in [3.8, 4) is 0 Å². The number of nitrogens with zero attached hydrogens (tertiary/aromatic N) is 2. The van der Waals surface area contributed by atoms with Crippen molar-refractivity contribution in [1.29, 1.82) is 0 Å². The van der Waals surface area contributed by atoms with E-state index >= 15 is 0 Å². The molecule has 1 aromatic heterocycles. The molecule has 1 aliphatic rings. The Kier molecular flexibility index (Phi) is 4.24. The summed E-state index contributed by atoms with van der Waals surface area (Å²) in [7, 11) is 4.27. The summed E-state index contributed by atoms with van der Waals surface area (Å²) in [6, 6.07) is 1.54. The quantitative estimate of drug-likeness (QED) is 0.848. The maximum Gasteiger partial charge on any atom is 0.252 e. The number of hydrogen-bond acceptors (Lipinski definition) is 4. The van der Waals surface area contributed by atoms with Crippen molar-refractivity contribution < 1.29 is 0 Å². The SMILES string of the molecule is CCc1nc(NCC2(N(C)C)CCCC2)cc(=O)[nH]1. The topological polar surface area (TPSA) is 61.0 Å². The van der Waals surface area contributed by atoms with E-state index in [0.29, 0.717) is 5.82 Å². The smallest absolute Gasteiger partial charge is 0.252 e. The second-order valence-electron chi connectivity index (χ2n) is 5.61. The van der Waals surface area contributed by atoms with Crippen LogP contribution in [0.1, 0.15) is 38.4 Å². The molecular formula is C14H24N4O. The van der Waals surface area contributed by atoms with Gasteiger partial charge in [-0.15, -0.1) is 0 Å². The molecule has 0 spiro atoms. The molecule has 1 aliphatic carbocycles. The van der Waals surface area contributed by atoms with Gasteiger partial charge in [0.15, 0.2) is 0 Å². The molecule has 1 saturated carbocycles. The Morgan fingerprint density at radius 1 is 1.42 bits per heavy atom. The third-order valence-corrected chi connectivity index (χ3v) is 4.21. The third kappa shape index (κ3) is 3.15. The maximum absolute atomic E-state index is 11.5. The Morgan fingerprint density at radius 3 is 2.68 bits per heavy atom. The zero-order valence-electron chi connectivity index (χ0n) is 12.1. The minimum absolute atomic E-state index is 0.0836. The van der Waals surface area contributed by atoms with Crippen LogP contribution in [0.15, 0.2) is 10.9 Å². The molecular weight excluding hydrogens is 240 g/mol. The lowest BCUT2D eigenvalue weighted by molar-refractivity contribution is 0.172. The molecule has 0 aromatic carbocycles. The second kappa shape index (κ2) is 5.74. The number of rotatable bonds is 5. The summed E-state index contributed by atoms with van der Waals surface area (Å²) in [6.07, 6.45) is 5.71. The van der Waals surface area contributed by atoms with Crippen LogP contribution in [-0.2, 0) is 6.42 Å². The van der Waals surface area contributed by atoms with Crippen molar-refractivity contribution in [2.45, 2.75) is 44.6 Å². The maximum atomic E-state index is 11.5. The normalized spacial score (nSPS) is 17.9. The number of nitrogens with one attached hydrogen (secondary N) is 2. The number of anilines is 1. The average Bonchev–Trinajstić information content (AvgIpc) is 2.86. The zero-order valence-corrected chi connectivity index (χ0v) is 12.1. The monoisotopic (exact) mass is 264 g/mol. The summed E-state index contributed by atoms with van der Waals surface area (Å²) >= 11 is 0. The fourth-order valence-corrected chi connectivity index (χ4v) is 2.84. The number of H-pyrrole nitrogens is 1. The van der Waals surface area contributed by atoms with Crippen molar-refractivity contribution in [3.05, 3.63) is 22.2 Å². The Morgan fingerprint density at radius 2 is 2.11 bits per heavy atom. The highest BCUT2D eigenvalue weighted by atomic mass is 16.1. The Bertz CT molecular complexity index is 475. The second-order valence-corrected chi connectivity index (χ2v) is 5.61. The Balaban J connectivity index is 2.09. The number of likely N-dealkylation sites (N-methyl/N-ethyl adjacent to an activating group) is 1. The Labute approximate surface area is 114 Å². The molecule has 5 nitrogen and oxygen atoms in total. The van der Waals surface area contributed by atoms with Gasteiger partial charge in [-0.3, -0.25) is 4.79 Å². The molecule has 2 rings (SSSR count). The minimum atomic E-state index is -0.0836. The molecule has 0 radical (unpaired) electrons. The fraction of sp³-hybridized carbons (Fsp3) is 0.714. The van der Waals surface area contributed by atoms with Gasteiger partial charge in [-0.05, 0) is 26.9 Å². The summed E-state index contributed by atoms with van der Waals surface area (Å²) in [5.74, 6) is 1.43. The van der Waals surface area contributed by atoms with Crippen LogP contribution in [0.3, 0.4) is 0 Å². The first-order chi connectivity index (χ1) is 9.05. The lowest BCUT2D eigenvalue weighted by Gasteiger charge is -2.36. The van der Waals surface area contributed by atoms with E-state index in [1.54, 1.807) is 0 Å². The van der Waals surface area contributed by atoms with E-state index in [1.807, 2.05) is 6.92 Å². The molecule has 1 heterocycles. The van der Waals surface area contributed by atoms with E-state index < -0.39 is 0 Å². The first-order valence-electron chi connectivity index (χ1n) is 7.07. The van der Waals surface area contributed by atoms with Crippen LogP contribution in [0.2, 0.25) is 0 Å². The average molecular weight is 264 g/mol. The lowest BCUT2D eigenvalue weighted by atomic mass is 9.96. The first kappa shape index (κ1) is 14.1. The fourth-order valence-electron chi connectivity index (χ4n) is 2.84. The van der Waals surface area contributed by atoms with Crippen molar-refractivity contribution >= 4 is 5.82 Å². The van der Waals surface area contributed by atoms with Gasteiger partial charge in [-0.25, -0.2) is 4.98 Å². The number of aromatic nitrogens is 2. The molecule has 0 saturated heterocycles. The molecule has 19 heavy (non-hydrogen) atoms. The molecule has 5 heteroatoms. The Hall–Kier alpha value is -1.36. The summed E-state index contributed by atoms with van der Waals surface area (Å²) in [6.45, 7) is 2.83. The van der Waals surface area contributed by atoms with E-state index in [2.05, 4.69) is 34.3 Å². The van der Waals surface area contributed by atoms with Crippen LogP contribution in [0, 0.1) is 0 Å². The van der Waals surface area contributed by atoms with Crippen LogP contribution in [0.25, 0.3) is 0 Å². The summed E-state index contributed by atoms with van der Waals surface area (Å²) < 4.78 is 0. The number of aromatic amines is 1. The van der Waals surface area contributed by atoms with E-state index in [9.17, 15) is 4.79 Å². The largest absolute Gasteiger partial charge is 0.368 e. The van der Waals surface area contributed by atoms with E-state index in [1.165, 1.54) is 31.7 Å². The van der Waals surface area contributed by atoms with Crippen molar-refractivity contribution in [3.63, 3.8) is 0 Å². The van der Waals surface area contributed by atoms with Crippen LogP contribution in [-0.4, -0.2) is 41.0 Å². The molecule has 2 N–H and O–H groups in total. The molecule has 0 unspecified atom stereocenters. The zero-order chi connectivity index (χ0) is 13.9. The van der Waals surface area contributed by atoms with E-state index in [4.69, 9.17) is 0 Å². The van der Waals surface area contributed by atoms with Crippen molar-refractivity contribution in [2.24, 2.45) is 0 Å². The van der Waals surface area contributed by atoms with Crippen molar-refractivity contribution in [2.75, 3.05) is 26.0 Å². The van der Waals surface area contributed by atoms with Crippen LogP contribution in [0.4, 0.5) is 5.82 Å². The number of hydrogen-bond donors (Lipinski definition) is 2. The van der Waals surface area contributed by atoms with Gasteiger partial charge < -0.3 is 15.2 Å². The summed E-state index contributed by atoms with van der Waals surface area (Å²) in [5.41, 5.74) is 0.121. The molecule has 0 atom stereocenters.